The van der Waals surface area contributed by atoms with Gasteiger partial charge in [0.2, 0.25) is 0 Å². The van der Waals surface area contributed by atoms with E-state index in [0.717, 1.165) is 21.6 Å². The summed E-state index contributed by atoms with van der Waals surface area (Å²) in [4.78, 5) is 12.6. The summed E-state index contributed by atoms with van der Waals surface area (Å²) in [6, 6.07) is 14.4. The number of nitrogens with one attached hydrogen (secondary N) is 2. The molecule has 3 N–H and O–H groups in total. The number of aliphatic hydroxyl groups is 1. The molecule has 0 saturated carbocycles. The van der Waals surface area contributed by atoms with E-state index in [-0.39, 0.29) is 12.6 Å². The molecule has 0 bridgehead atoms. The summed E-state index contributed by atoms with van der Waals surface area (Å²) in [6.45, 7) is 2.43. The number of aryl methyl sites for hydroxylation is 1. The van der Waals surface area contributed by atoms with Crippen LogP contribution in [0.25, 0.3) is 0 Å². The lowest BCUT2D eigenvalue weighted by Crippen LogP contribution is -2.37. The van der Waals surface area contributed by atoms with Crippen LogP contribution >= 0.6 is 0 Å². The number of hydrogen-bond acceptors (Lipinski definition) is 3. The molecule has 0 aliphatic rings. The summed E-state index contributed by atoms with van der Waals surface area (Å²) in [5.74, 6) is 0. The van der Waals surface area contributed by atoms with Gasteiger partial charge in [0.15, 0.2) is 0 Å². The first kappa shape index (κ1) is 18.2. The predicted molar refractivity (Wildman–Crippen MR) is 95.2 cm³/mol. The normalized spacial score (nSPS) is 13.1. The zero-order chi connectivity index (χ0) is 17.5. The average molecular weight is 346 g/mol. The van der Waals surface area contributed by atoms with Crippen LogP contribution in [0.1, 0.15) is 22.8 Å². The van der Waals surface area contributed by atoms with Crippen LogP contribution < -0.4 is 10.6 Å². The van der Waals surface area contributed by atoms with Gasteiger partial charge < -0.3 is 15.7 Å². The van der Waals surface area contributed by atoms with Crippen molar-refractivity contribution in [2.45, 2.75) is 24.5 Å². The molecule has 2 rings (SSSR count). The van der Waals surface area contributed by atoms with Crippen molar-refractivity contribution in [3.05, 3.63) is 65.2 Å². The molecule has 128 valence electrons. The minimum absolute atomic E-state index is 0.143. The highest BCUT2D eigenvalue weighted by Crippen LogP contribution is 2.16. The average Bonchev–Trinajstić information content (AvgIpc) is 2.58. The van der Waals surface area contributed by atoms with Crippen molar-refractivity contribution in [1.29, 1.82) is 0 Å². The number of carbonyl (C=O) groups excluding carboxylic acids is 1. The number of urea groups is 1. The Morgan fingerprint density at radius 2 is 1.79 bits per heavy atom. The first-order valence-corrected chi connectivity index (χ1v) is 9.21. The van der Waals surface area contributed by atoms with Crippen molar-refractivity contribution in [1.82, 2.24) is 10.6 Å². The monoisotopic (exact) mass is 346 g/mol. The molecule has 2 unspecified atom stereocenters. The largest absolute Gasteiger partial charge is 0.387 e. The van der Waals surface area contributed by atoms with Gasteiger partial charge in [-0.3, -0.25) is 4.21 Å². The summed E-state index contributed by atoms with van der Waals surface area (Å²) in [6.07, 6.45) is 0.885. The van der Waals surface area contributed by atoms with E-state index in [2.05, 4.69) is 10.6 Å². The molecule has 0 spiro atoms. The highest BCUT2D eigenvalue weighted by molar-refractivity contribution is 7.84. The molecule has 5 nitrogen and oxygen atoms in total. The Morgan fingerprint density at radius 3 is 2.42 bits per heavy atom. The molecule has 0 aromatic heterocycles. The lowest BCUT2D eigenvalue weighted by Gasteiger charge is -2.15. The second-order valence-electron chi connectivity index (χ2n) is 5.53. The van der Waals surface area contributed by atoms with Crippen LogP contribution in [-0.2, 0) is 17.3 Å². The molecule has 0 saturated heterocycles. The first-order valence-electron chi connectivity index (χ1n) is 7.65. The first-order chi connectivity index (χ1) is 11.5. The van der Waals surface area contributed by atoms with E-state index in [9.17, 15) is 14.1 Å². The quantitative estimate of drug-likeness (QED) is 0.751. The van der Waals surface area contributed by atoms with Crippen molar-refractivity contribution in [3.63, 3.8) is 0 Å². The SMILES string of the molecule is Cc1ccccc1C(O)CNC(=O)NCc1ccc(S(C)=O)cc1. The van der Waals surface area contributed by atoms with Gasteiger partial charge in [0.05, 0.1) is 6.10 Å². The Kier molecular flexibility index (Phi) is 6.52. The molecule has 0 radical (unpaired) electrons. The van der Waals surface area contributed by atoms with Gasteiger partial charge in [-0.05, 0) is 35.7 Å². The van der Waals surface area contributed by atoms with Crippen molar-refractivity contribution in [2.75, 3.05) is 12.8 Å². The number of aliphatic hydroxyl groups excluding tert-OH is 1. The molecule has 0 aliphatic heterocycles. The van der Waals surface area contributed by atoms with E-state index < -0.39 is 16.9 Å². The van der Waals surface area contributed by atoms with E-state index in [0.29, 0.717) is 6.54 Å². The highest BCUT2D eigenvalue weighted by Gasteiger charge is 2.11. The molecule has 2 aromatic rings. The van der Waals surface area contributed by atoms with Gasteiger partial charge in [-0.1, -0.05) is 36.4 Å². The van der Waals surface area contributed by atoms with Gasteiger partial charge in [-0.25, -0.2) is 4.79 Å². The summed E-state index contributed by atoms with van der Waals surface area (Å²) >= 11 is 0. The van der Waals surface area contributed by atoms with Crippen molar-refractivity contribution in [2.24, 2.45) is 0 Å². The maximum absolute atomic E-state index is 11.8. The molecular weight excluding hydrogens is 324 g/mol. The smallest absolute Gasteiger partial charge is 0.315 e. The number of hydrogen-bond donors (Lipinski definition) is 3. The maximum Gasteiger partial charge on any atom is 0.315 e. The second-order valence-corrected chi connectivity index (χ2v) is 6.91. The molecule has 24 heavy (non-hydrogen) atoms. The van der Waals surface area contributed by atoms with Gasteiger partial charge in [-0.2, -0.15) is 0 Å². The molecule has 6 heteroatoms. The topological polar surface area (TPSA) is 78.4 Å². The van der Waals surface area contributed by atoms with Gasteiger partial charge >= 0.3 is 6.03 Å². The molecular formula is C18H22N2O3S. The molecule has 0 aliphatic carbocycles. The predicted octanol–water partition coefficient (Wildman–Crippen LogP) is 2.27. The van der Waals surface area contributed by atoms with Crippen LogP contribution in [0, 0.1) is 6.92 Å². The lowest BCUT2D eigenvalue weighted by molar-refractivity contribution is 0.172. The summed E-state index contributed by atoms with van der Waals surface area (Å²) < 4.78 is 11.3. The van der Waals surface area contributed by atoms with Crippen LogP contribution in [0.5, 0.6) is 0 Å². The zero-order valence-electron chi connectivity index (χ0n) is 13.8. The van der Waals surface area contributed by atoms with E-state index in [1.165, 1.54) is 0 Å². The molecule has 0 fully saturated rings. The van der Waals surface area contributed by atoms with Gasteiger partial charge in [0.1, 0.15) is 0 Å². The summed E-state index contributed by atoms with van der Waals surface area (Å²) in [7, 11) is -1.01. The van der Waals surface area contributed by atoms with Crippen LogP contribution in [0.2, 0.25) is 0 Å². The minimum atomic E-state index is -1.01. The van der Waals surface area contributed by atoms with E-state index in [1.807, 2.05) is 43.3 Å². The Balaban J connectivity index is 1.79. The Morgan fingerprint density at radius 1 is 1.12 bits per heavy atom. The van der Waals surface area contributed by atoms with Crippen molar-refractivity contribution in [3.8, 4) is 0 Å². The van der Waals surface area contributed by atoms with Gasteiger partial charge in [-0.15, -0.1) is 0 Å². The van der Waals surface area contributed by atoms with E-state index >= 15 is 0 Å². The van der Waals surface area contributed by atoms with Crippen LogP contribution in [0.15, 0.2) is 53.4 Å². The zero-order valence-corrected chi connectivity index (χ0v) is 14.6. The number of benzene rings is 2. The van der Waals surface area contributed by atoms with Gasteiger partial charge in [0.25, 0.3) is 0 Å². The molecule has 2 amide bonds. The van der Waals surface area contributed by atoms with Crippen LogP contribution in [0.4, 0.5) is 4.79 Å². The number of rotatable bonds is 6. The number of carbonyl (C=O) groups is 1. The van der Waals surface area contributed by atoms with Crippen molar-refractivity contribution >= 4 is 16.8 Å². The highest BCUT2D eigenvalue weighted by atomic mass is 32.2. The third-order valence-corrected chi connectivity index (χ3v) is 4.65. The Bertz CT molecular complexity index is 716. The lowest BCUT2D eigenvalue weighted by atomic mass is 10.0. The molecule has 2 aromatic carbocycles. The fraction of sp³-hybridized carbons (Fsp3) is 0.278. The maximum atomic E-state index is 11.8. The standard InChI is InChI=1S/C18H22N2O3S/c1-13-5-3-4-6-16(13)17(21)12-20-18(22)19-11-14-7-9-15(10-8-14)24(2)23/h3-10,17,21H,11-12H2,1-2H3,(H2,19,20,22). The van der Waals surface area contributed by atoms with E-state index in [4.69, 9.17) is 0 Å². The van der Waals surface area contributed by atoms with Crippen LogP contribution in [-0.4, -0.2) is 28.1 Å². The third-order valence-electron chi connectivity index (χ3n) is 3.71. The van der Waals surface area contributed by atoms with Gasteiger partial charge in [0, 0.05) is 35.0 Å². The molecule has 2 atom stereocenters. The van der Waals surface area contributed by atoms with E-state index in [1.54, 1.807) is 18.4 Å². The minimum Gasteiger partial charge on any atom is -0.387 e. The van der Waals surface area contributed by atoms with Crippen LogP contribution in [0.3, 0.4) is 0 Å². The Labute approximate surface area is 144 Å². The number of amides is 2. The Hall–Kier alpha value is -2.18. The summed E-state index contributed by atoms with van der Waals surface area (Å²) in [5.41, 5.74) is 2.71. The third kappa shape index (κ3) is 5.18. The fourth-order valence-corrected chi connectivity index (χ4v) is 2.82. The summed E-state index contributed by atoms with van der Waals surface area (Å²) in [5, 5.41) is 15.5. The van der Waals surface area contributed by atoms with Crippen molar-refractivity contribution < 1.29 is 14.1 Å². The second kappa shape index (κ2) is 8.61. The molecule has 0 heterocycles. The fourth-order valence-electron chi connectivity index (χ4n) is 2.30.